The van der Waals surface area contributed by atoms with Crippen LogP contribution in [0.2, 0.25) is 10.0 Å². The summed E-state index contributed by atoms with van der Waals surface area (Å²) in [4.78, 5) is 24.3. The Hall–Kier alpha value is -2.04. The lowest BCUT2D eigenvalue weighted by Crippen LogP contribution is -2.38. The van der Waals surface area contributed by atoms with Crippen LogP contribution in [0, 0.1) is 13.8 Å². The van der Waals surface area contributed by atoms with E-state index in [4.69, 9.17) is 23.2 Å². The molecule has 2 aromatic carbocycles. The van der Waals surface area contributed by atoms with E-state index in [-0.39, 0.29) is 24.4 Å². The Labute approximate surface area is 157 Å². The van der Waals surface area contributed by atoms with Crippen molar-refractivity contribution in [2.45, 2.75) is 26.8 Å². The van der Waals surface area contributed by atoms with E-state index in [1.807, 2.05) is 26.8 Å². The van der Waals surface area contributed by atoms with Crippen LogP contribution in [0.3, 0.4) is 0 Å². The Morgan fingerprint density at radius 3 is 2.28 bits per heavy atom. The molecular formula is C19H20Cl2N2O2. The summed E-state index contributed by atoms with van der Waals surface area (Å²) in [6.45, 7) is 5.56. The predicted molar refractivity (Wildman–Crippen MR) is 101 cm³/mol. The zero-order valence-corrected chi connectivity index (χ0v) is 15.8. The molecule has 1 unspecified atom stereocenters. The highest BCUT2D eigenvalue weighted by Crippen LogP contribution is 2.25. The summed E-state index contributed by atoms with van der Waals surface area (Å²) < 4.78 is 0. The zero-order chi connectivity index (χ0) is 18.6. The zero-order valence-electron chi connectivity index (χ0n) is 14.3. The minimum Gasteiger partial charge on any atom is -0.348 e. The molecule has 25 heavy (non-hydrogen) atoms. The van der Waals surface area contributed by atoms with Gasteiger partial charge in [-0.25, -0.2) is 0 Å². The minimum absolute atomic E-state index is 0.110. The van der Waals surface area contributed by atoms with Gasteiger partial charge in [-0.15, -0.1) is 0 Å². The quantitative estimate of drug-likeness (QED) is 0.817. The number of rotatable bonds is 5. The number of benzene rings is 2. The van der Waals surface area contributed by atoms with Crippen LogP contribution in [0.25, 0.3) is 0 Å². The van der Waals surface area contributed by atoms with Crippen molar-refractivity contribution < 1.29 is 9.59 Å². The molecule has 0 saturated carbocycles. The molecule has 0 saturated heterocycles. The van der Waals surface area contributed by atoms with Gasteiger partial charge in [0, 0.05) is 15.6 Å². The van der Waals surface area contributed by atoms with Crippen molar-refractivity contribution in [3.8, 4) is 0 Å². The normalized spacial score (nSPS) is 11.7. The molecule has 2 N–H and O–H groups in total. The van der Waals surface area contributed by atoms with Crippen molar-refractivity contribution in [3.05, 3.63) is 68.7 Å². The Kier molecular flexibility index (Phi) is 6.45. The number of amides is 2. The van der Waals surface area contributed by atoms with Crippen LogP contribution in [0.5, 0.6) is 0 Å². The van der Waals surface area contributed by atoms with Gasteiger partial charge in [-0.3, -0.25) is 9.59 Å². The minimum atomic E-state index is -0.296. The van der Waals surface area contributed by atoms with Crippen molar-refractivity contribution in [2.75, 3.05) is 6.54 Å². The second kappa shape index (κ2) is 8.37. The number of aryl methyl sites for hydroxylation is 2. The second-order valence-corrected chi connectivity index (χ2v) is 6.86. The molecule has 0 fully saturated rings. The largest absolute Gasteiger partial charge is 0.348 e. The maximum Gasteiger partial charge on any atom is 0.251 e. The van der Waals surface area contributed by atoms with Gasteiger partial charge in [0.2, 0.25) is 5.91 Å². The molecular weight excluding hydrogens is 359 g/mol. The van der Waals surface area contributed by atoms with Gasteiger partial charge in [0.05, 0.1) is 12.6 Å². The summed E-state index contributed by atoms with van der Waals surface area (Å²) >= 11 is 12.0. The van der Waals surface area contributed by atoms with Gasteiger partial charge in [-0.05, 0) is 50.6 Å². The number of hydrogen-bond donors (Lipinski definition) is 2. The van der Waals surface area contributed by atoms with Gasteiger partial charge >= 0.3 is 0 Å². The van der Waals surface area contributed by atoms with Gasteiger partial charge in [-0.1, -0.05) is 46.5 Å². The molecule has 2 aromatic rings. The molecule has 132 valence electrons. The molecule has 0 bridgehead atoms. The van der Waals surface area contributed by atoms with Crippen LogP contribution < -0.4 is 10.6 Å². The smallest absolute Gasteiger partial charge is 0.251 e. The van der Waals surface area contributed by atoms with Crippen molar-refractivity contribution in [3.63, 3.8) is 0 Å². The topological polar surface area (TPSA) is 58.2 Å². The molecule has 0 aliphatic rings. The van der Waals surface area contributed by atoms with E-state index in [0.717, 1.165) is 16.7 Å². The van der Waals surface area contributed by atoms with E-state index in [2.05, 4.69) is 10.6 Å². The summed E-state index contributed by atoms with van der Waals surface area (Å²) in [6.07, 6.45) is 0. The molecule has 0 aromatic heterocycles. The van der Waals surface area contributed by atoms with Crippen LogP contribution in [-0.2, 0) is 4.79 Å². The number of nitrogens with one attached hydrogen (secondary N) is 2. The fourth-order valence-corrected chi connectivity index (χ4v) is 3.16. The van der Waals surface area contributed by atoms with E-state index in [1.54, 1.807) is 30.3 Å². The Morgan fingerprint density at radius 1 is 1.04 bits per heavy atom. The highest BCUT2D eigenvalue weighted by molar-refractivity contribution is 6.35. The first-order valence-corrected chi connectivity index (χ1v) is 8.62. The number of carbonyl (C=O) groups excluding carboxylic acids is 2. The third-order valence-corrected chi connectivity index (χ3v) is 4.26. The second-order valence-electron chi connectivity index (χ2n) is 6.01. The van der Waals surface area contributed by atoms with Crippen molar-refractivity contribution in [1.82, 2.24) is 10.6 Å². The maximum absolute atomic E-state index is 12.2. The first kappa shape index (κ1) is 19.3. The van der Waals surface area contributed by atoms with Crippen LogP contribution in [-0.4, -0.2) is 18.4 Å². The number of halogens is 2. The predicted octanol–water partition coefficient (Wildman–Crippen LogP) is 4.22. The van der Waals surface area contributed by atoms with Crippen LogP contribution in [0.4, 0.5) is 0 Å². The summed E-state index contributed by atoms with van der Waals surface area (Å²) in [5, 5.41) is 6.45. The molecule has 0 spiro atoms. The first-order chi connectivity index (χ1) is 11.8. The van der Waals surface area contributed by atoms with E-state index in [9.17, 15) is 9.59 Å². The van der Waals surface area contributed by atoms with Crippen LogP contribution in [0.15, 0.2) is 36.4 Å². The van der Waals surface area contributed by atoms with E-state index < -0.39 is 0 Å². The lowest BCUT2D eigenvalue weighted by atomic mass is 10.1. The Bertz CT molecular complexity index is 786. The molecule has 6 heteroatoms. The average molecular weight is 379 g/mol. The van der Waals surface area contributed by atoms with E-state index >= 15 is 0 Å². The van der Waals surface area contributed by atoms with E-state index in [0.29, 0.717) is 15.6 Å². The average Bonchev–Trinajstić information content (AvgIpc) is 2.51. The van der Waals surface area contributed by atoms with Gasteiger partial charge in [-0.2, -0.15) is 0 Å². The lowest BCUT2D eigenvalue weighted by Gasteiger charge is -2.16. The third-order valence-electron chi connectivity index (χ3n) is 3.70. The molecule has 2 rings (SSSR count). The number of carbonyl (C=O) groups is 2. The maximum atomic E-state index is 12.2. The van der Waals surface area contributed by atoms with E-state index in [1.165, 1.54) is 0 Å². The summed E-state index contributed by atoms with van der Waals surface area (Å²) in [6, 6.07) is 10.4. The summed E-state index contributed by atoms with van der Waals surface area (Å²) in [7, 11) is 0. The summed E-state index contributed by atoms with van der Waals surface area (Å²) in [5.41, 5.74) is 3.31. The number of hydrogen-bond acceptors (Lipinski definition) is 2. The molecule has 0 radical (unpaired) electrons. The van der Waals surface area contributed by atoms with Gasteiger partial charge < -0.3 is 10.6 Å². The third kappa shape index (κ3) is 5.48. The molecule has 4 nitrogen and oxygen atoms in total. The van der Waals surface area contributed by atoms with Crippen molar-refractivity contribution >= 4 is 35.0 Å². The molecule has 1 atom stereocenters. The Balaban J connectivity index is 1.92. The molecule has 0 aliphatic heterocycles. The van der Waals surface area contributed by atoms with Crippen molar-refractivity contribution in [1.29, 1.82) is 0 Å². The monoisotopic (exact) mass is 378 g/mol. The SMILES string of the molecule is Cc1cc(C)cc(C(=O)NCC(=O)NC(C)c2ccc(Cl)cc2Cl)c1. The lowest BCUT2D eigenvalue weighted by molar-refractivity contribution is -0.120. The fraction of sp³-hybridized carbons (Fsp3) is 0.263. The van der Waals surface area contributed by atoms with Gasteiger partial charge in [0.25, 0.3) is 5.91 Å². The van der Waals surface area contributed by atoms with Crippen molar-refractivity contribution in [2.24, 2.45) is 0 Å². The summed E-state index contributed by atoms with van der Waals surface area (Å²) in [5.74, 6) is -0.574. The standard InChI is InChI=1S/C19H20Cl2N2O2/c1-11-6-12(2)8-14(7-11)19(25)22-10-18(24)23-13(3)16-5-4-15(20)9-17(16)21/h4-9,13H,10H2,1-3H3,(H,22,25)(H,23,24). The fourth-order valence-electron chi connectivity index (χ4n) is 2.59. The van der Waals surface area contributed by atoms with Crippen LogP contribution >= 0.6 is 23.2 Å². The van der Waals surface area contributed by atoms with Gasteiger partial charge in [0.15, 0.2) is 0 Å². The molecule has 2 amide bonds. The first-order valence-electron chi connectivity index (χ1n) is 7.87. The molecule has 0 heterocycles. The highest BCUT2D eigenvalue weighted by atomic mass is 35.5. The highest BCUT2D eigenvalue weighted by Gasteiger charge is 2.14. The Morgan fingerprint density at radius 2 is 1.68 bits per heavy atom. The molecule has 0 aliphatic carbocycles. The van der Waals surface area contributed by atoms with Crippen LogP contribution in [0.1, 0.15) is 40.0 Å². The van der Waals surface area contributed by atoms with Gasteiger partial charge in [0.1, 0.15) is 0 Å².